The summed E-state index contributed by atoms with van der Waals surface area (Å²) in [6, 6.07) is 5.67. The molecule has 0 saturated heterocycles. The number of H-pyrrole nitrogens is 1. The molecule has 7 nitrogen and oxygen atoms in total. The van der Waals surface area contributed by atoms with E-state index < -0.39 is 0 Å². The second-order valence-corrected chi connectivity index (χ2v) is 10.0. The lowest BCUT2D eigenvalue weighted by Gasteiger charge is -2.24. The Kier molecular flexibility index (Phi) is 7.84. The summed E-state index contributed by atoms with van der Waals surface area (Å²) in [5.41, 5.74) is 1.83. The molecule has 0 aliphatic carbocycles. The predicted molar refractivity (Wildman–Crippen MR) is 131 cm³/mol. The van der Waals surface area contributed by atoms with Crippen molar-refractivity contribution in [2.45, 2.75) is 45.2 Å². The molecule has 9 heteroatoms. The van der Waals surface area contributed by atoms with Crippen LogP contribution in [0.5, 0.6) is 11.5 Å². The SMILES string of the molecule is CCN(Cc1ccc(OC)c(OC)c1)C(=O)C(C)SCc1nc2sc(C)c(C)c2c(=O)[nH]1. The Labute approximate surface area is 196 Å². The molecule has 0 aliphatic heterocycles. The number of benzene rings is 1. The van der Waals surface area contributed by atoms with Crippen molar-refractivity contribution in [2.24, 2.45) is 0 Å². The van der Waals surface area contributed by atoms with Crippen LogP contribution in [0.1, 0.15) is 35.7 Å². The highest BCUT2D eigenvalue weighted by Gasteiger charge is 2.21. The molecule has 1 N–H and O–H groups in total. The lowest BCUT2D eigenvalue weighted by Crippen LogP contribution is -2.36. The number of methoxy groups -OCH3 is 2. The molecule has 0 bridgehead atoms. The third kappa shape index (κ3) is 5.10. The van der Waals surface area contributed by atoms with E-state index in [1.54, 1.807) is 14.2 Å². The van der Waals surface area contributed by atoms with Gasteiger partial charge < -0.3 is 19.4 Å². The molecule has 2 heterocycles. The van der Waals surface area contributed by atoms with Crippen LogP contribution in [-0.4, -0.2) is 46.8 Å². The van der Waals surface area contributed by atoms with Gasteiger partial charge in [-0.05, 0) is 51.0 Å². The van der Waals surface area contributed by atoms with Gasteiger partial charge in [-0.15, -0.1) is 23.1 Å². The van der Waals surface area contributed by atoms with E-state index in [1.807, 2.05) is 50.8 Å². The van der Waals surface area contributed by atoms with Crippen LogP contribution in [0.2, 0.25) is 0 Å². The number of ether oxygens (including phenoxy) is 2. The van der Waals surface area contributed by atoms with Gasteiger partial charge in [-0.2, -0.15) is 0 Å². The number of carbonyl (C=O) groups is 1. The molecule has 32 heavy (non-hydrogen) atoms. The highest BCUT2D eigenvalue weighted by molar-refractivity contribution is 7.99. The van der Waals surface area contributed by atoms with Gasteiger partial charge in [-0.1, -0.05) is 6.07 Å². The smallest absolute Gasteiger partial charge is 0.259 e. The second kappa shape index (κ2) is 10.4. The first-order valence-electron chi connectivity index (χ1n) is 10.4. The molecule has 1 aromatic carbocycles. The zero-order valence-corrected chi connectivity index (χ0v) is 20.9. The van der Waals surface area contributed by atoms with Gasteiger partial charge in [0.1, 0.15) is 10.7 Å². The summed E-state index contributed by atoms with van der Waals surface area (Å²) in [6.07, 6.45) is 0. The molecule has 1 unspecified atom stereocenters. The lowest BCUT2D eigenvalue weighted by molar-refractivity contribution is -0.130. The van der Waals surface area contributed by atoms with E-state index in [0.717, 1.165) is 20.8 Å². The maximum atomic E-state index is 13.1. The number of nitrogens with one attached hydrogen (secondary N) is 1. The number of thioether (sulfide) groups is 1. The van der Waals surface area contributed by atoms with Crippen LogP contribution >= 0.6 is 23.1 Å². The van der Waals surface area contributed by atoms with Gasteiger partial charge in [0.25, 0.3) is 5.56 Å². The zero-order chi connectivity index (χ0) is 23.4. The topological polar surface area (TPSA) is 84.5 Å². The van der Waals surface area contributed by atoms with Gasteiger partial charge >= 0.3 is 0 Å². The number of rotatable bonds is 9. The minimum absolute atomic E-state index is 0.0403. The van der Waals surface area contributed by atoms with Gasteiger partial charge in [0.2, 0.25) is 5.91 Å². The Bertz CT molecular complexity index is 1170. The van der Waals surface area contributed by atoms with Crippen molar-refractivity contribution >= 4 is 39.2 Å². The van der Waals surface area contributed by atoms with E-state index in [0.29, 0.717) is 41.6 Å². The fourth-order valence-electron chi connectivity index (χ4n) is 3.44. The Morgan fingerprint density at radius 2 is 1.97 bits per heavy atom. The van der Waals surface area contributed by atoms with Gasteiger partial charge in [-0.25, -0.2) is 4.98 Å². The molecule has 0 fully saturated rings. The van der Waals surface area contributed by atoms with Crippen molar-refractivity contribution in [1.29, 1.82) is 0 Å². The lowest BCUT2D eigenvalue weighted by atomic mass is 10.2. The number of fused-ring (bicyclic) bond motifs is 1. The average Bonchev–Trinajstić information content (AvgIpc) is 3.08. The summed E-state index contributed by atoms with van der Waals surface area (Å²) in [4.78, 5) is 36.7. The summed E-state index contributed by atoms with van der Waals surface area (Å²) in [5, 5.41) is 0.389. The number of aryl methyl sites for hydroxylation is 2. The molecule has 0 spiro atoms. The van der Waals surface area contributed by atoms with Crippen LogP contribution in [0.25, 0.3) is 10.2 Å². The first-order chi connectivity index (χ1) is 15.3. The van der Waals surface area contributed by atoms with Gasteiger partial charge in [-0.3, -0.25) is 9.59 Å². The van der Waals surface area contributed by atoms with E-state index >= 15 is 0 Å². The predicted octanol–water partition coefficient (Wildman–Crippen LogP) is 4.29. The third-order valence-corrected chi connectivity index (χ3v) is 7.66. The van der Waals surface area contributed by atoms with E-state index in [2.05, 4.69) is 9.97 Å². The first-order valence-corrected chi connectivity index (χ1v) is 12.3. The molecule has 2 aromatic heterocycles. The minimum Gasteiger partial charge on any atom is -0.493 e. The summed E-state index contributed by atoms with van der Waals surface area (Å²) in [5.74, 6) is 2.39. The number of nitrogens with zero attached hydrogens (tertiary/aromatic N) is 2. The van der Waals surface area contributed by atoms with E-state index in [-0.39, 0.29) is 16.7 Å². The average molecular weight is 476 g/mol. The van der Waals surface area contributed by atoms with Crippen molar-refractivity contribution in [3.63, 3.8) is 0 Å². The number of carbonyl (C=O) groups excluding carboxylic acids is 1. The fraction of sp³-hybridized carbons (Fsp3) is 0.435. The van der Waals surface area contributed by atoms with Crippen LogP contribution in [0, 0.1) is 13.8 Å². The highest BCUT2D eigenvalue weighted by Crippen LogP contribution is 2.29. The number of aromatic amines is 1. The van der Waals surface area contributed by atoms with Crippen molar-refractivity contribution in [3.8, 4) is 11.5 Å². The number of thiophene rings is 1. The second-order valence-electron chi connectivity index (χ2n) is 7.47. The van der Waals surface area contributed by atoms with Crippen LogP contribution in [-0.2, 0) is 17.1 Å². The Morgan fingerprint density at radius 1 is 1.25 bits per heavy atom. The Hall–Kier alpha value is -2.52. The molecule has 1 atom stereocenters. The van der Waals surface area contributed by atoms with E-state index in [1.165, 1.54) is 23.1 Å². The van der Waals surface area contributed by atoms with E-state index in [4.69, 9.17) is 9.47 Å². The maximum absolute atomic E-state index is 13.1. The van der Waals surface area contributed by atoms with Crippen molar-refractivity contribution < 1.29 is 14.3 Å². The quantitative estimate of drug-likeness (QED) is 0.497. The maximum Gasteiger partial charge on any atom is 0.259 e. The van der Waals surface area contributed by atoms with Crippen LogP contribution in [0.4, 0.5) is 0 Å². The number of hydrogen-bond acceptors (Lipinski definition) is 7. The van der Waals surface area contributed by atoms with Crippen molar-refractivity contribution in [3.05, 3.63) is 50.4 Å². The molecule has 3 rings (SSSR count). The standard InChI is InChI=1S/C23H29N3O4S2/c1-7-26(11-16-8-9-17(29-5)18(10-16)30-6)23(28)15(4)31-12-19-24-21(27)20-13(2)14(3)32-22(20)25-19/h8-10,15H,7,11-12H2,1-6H3,(H,24,25,27). The summed E-state index contributed by atoms with van der Waals surface area (Å²) in [6.45, 7) is 8.86. The summed E-state index contributed by atoms with van der Waals surface area (Å²) in [7, 11) is 3.19. The molecule has 0 radical (unpaired) electrons. The third-order valence-electron chi connectivity index (χ3n) is 5.42. The fourth-order valence-corrected chi connectivity index (χ4v) is 5.33. The summed E-state index contributed by atoms with van der Waals surface area (Å²) < 4.78 is 10.7. The Morgan fingerprint density at radius 3 is 2.62 bits per heavy atom. The molecule has 172 valence electrons. The Balaban J connectivity index is 1.67. The molecule has 0 saturated carbocycles. The number of hydrogen-bond donors (Lipinski definition) is 1. The van der Waals surface area contributed by atoms with Crippen LogP contribution < -0.4 is 15.0 Å². The first kappa shape index (κ1) is 24.1. The van der Waals surface area contributed by atoms with E-state index in [9.17, 15) is 9.59 Å². The monoisotopic (exact) mass is 475 g/mol. The van der Waals surface area contributed by atoms with Gasteiger partial charge in [0, 0.05) is 18.0 Å². The largest absolute Gasteiger partial charge is 0.493 e. The van der Waals surface area contributed by atoms with Crippen LogP contribution in [0.3, 0.4) is 0 Å². The molecular weight excluding hydrogens is 446 g/mol. The molecule has 1 amide bonds. The minimum atomic E-state index is -0.275. The molecule has 3 aromatic rings. The van der Waals surface area contributed by atoms with Gasteiger partial charge in [0.05, 0.1) is 30.6 Å². The number of amides is 1. The van der Waals surface area contributed by atoms with Crippen molar-refractivity contribution in [1.82, 2.24) is 14.9 Å². The summed E-state index contributed by atoms with van der Waals surface area (Å²) >= 11 is 3.00. The van der Waals surface area contributed by atoms with Crippen LogP contribution in [0.15, 0.2) is 23.0 Å². The van der Waals surface area contributed by atoms with Gasteiger partial charge in [0.15, 0.2) is 11.5 Å². The molecular formula is C23H29N3O4S2. The molecule has 0 aliphatic rings. The van der Waals surface area contributed by atoms with Crippen molar-refractivity contribution in [2.75, 3.05) is 20.8 Å². The normalized spacial score (nSPS) is 12.1. The number of aromatic nitrogens is 2. The highest BCUT2D eigenvalue weighted by atomic mass is 32.2. The zero-order valence-electron chi connectivity index (χ0n) is 19.3.